The third-order valence-corrected chi connectivity index (χ3v) is 4.89. The molecule has 3 N–H and O–H groups in total. The zero-order valence-electron chi connectivity index (χ0n) is 13.9. The van der Waals surface area contributed by atoms with E-state index >= 15 is 0 Å². The molecule has 0 aliphatic heterocycles. The summed E-state index contributed by atoms with van der Waals surface area (Å²) in [6.07, 6.45) is 3.38. The number of nitrogens with zero attached hydrogens (tertiary/aromatic N) is 1. The number of hydrogen-bond donors (Lipinski definition) is 3. The van der Waals surface area contributed by atoms with E-state index in [0.29, 0.717) is 0 Å². The van der Waals surface area contributed by atoms with Crippen molar-refractivity contribution in [1.82, 2.24) is 20.5 Å². The highest BCUT2D eigenvalue weighted by atomic mass is 32.1. The van der Waals surface area contributed by atoms with Gasteiger partial charge in [-0.1, -0.05) is 43.7 Å². The molecule has 130 valence electrons. The van der Waals surface area contributed by atoms with E-state index in [9.17, 15) is 9.59 Å². The normalized spacial score (nSPS) is 12.0. The highest BCUT2D eigenvalue weighted by Gasteiger charge is 2.20. The van der Waals surface area contributed by atoms with Crippen molar-refractivity contribution < 1.29 is 4.79 Å². The van der Waals surface area contributed by atoms with Crippen LogP contribution in [0.2, 0.25) is 0 Å². The van der Waals surface area contributed by atoms with Crippen LogP contribution in [0.1, 0.15) is 52.4 Å². The van der Waals surface area contributed by atoms with Gasteiger partial charge in [0, 0.05) is 4.88 Å². The second-order valence-corrected chi connectivity index (χ2v) is 6.77. The van der Waals surface area contributed by atoms with Crippen LogP contribution in [-0.4, -0.2) is 21.1 Å². The molecule has 0 aliphatic carbocycles. The van der Waals surface area contributed by atoms with E-state index in [1.807, 2.05) is 29.6 Å². The van der Waals surface area contributed by atoms with Gasteiger partial charge in [-0.25, -0.2) is 9.89 Å². The molecule has 0 spiro atoms. The van der Waals surface area contributed by atoms with Crippen LogP contribution in [0.4, 0.5) is 0 Å². The summed E-state index contributed by atoms with van der Waals surface area (Å²) in [5.41, 5.74) is 1.78. The van der Waals surface area contributed by atoms with Crippen LogP contribution in [-0.2, 0) is 6.42 Å². The molecule has 2 heterocycles. The summed E-state index contributed by atoms with van der Waals surface area (Å²) in [5, 5.41) is 10.8. The van der Waals surface area contributed by atoms with Gasteiger partial charge in [0.15, 0.2) is 0 Å². The number of thiophene rings is 1. The summed E-state index contributed by atoms with van der Waals surface area (Å²) in [7, 11) is 0. The highest BCUT2D eigenvalue weighted by Crippen LogP contribution is 2.26. The lowest BCUT2D eigenvalue weighted by Gasteiger charge is -2.18. The van der Waals surface area contributed by atoms with E-state index in [4.69, 9.17) is 0 Å². The Balaban J connectivity index is 1.83. The predicted octanol–water partition coefficient (Wildman–Crippen LogP) is 3.02. The molecule has 7 heteroatoms. The molecule has 0 saturated carbocycles. The zero-order valence-corrected chi connectivity index (χ0v) is 14.7. The van der Waals surface area contributed by atoms with Gasteiger partial charge in [-0.15, -0.1) is 16.4 Å². The van der Waals surface area contributed by atoms with Crippen molar-refractivity contribution in [3.63, 3.8) is 0 Å². The highest BCUT2D eigenvalue weighted by molar-refractivity contribution is 7.10. The van der Waals surface area contributed by atoms with Gasteiger partial charge < -0.3 is 5.32 Å². The molecule has 3 rings (SSSR count). The van der Waals surface area contributed by atoms with Crippen molar-refractivity contribution in [3.05, 3.63) is 74.1 Å². The average molecular weight is 356 g/mol. The smallest absolute Gasteiger partial charge is 0.338 e. The molecule has 1 atom stereocenters. The Morgan fingerprint density at radius 2 is 2.08 bits per heavy atom. The minimum atomic E-state index is -0.502. The number of unbranched alkanes of at least 4 members (excludes halogenated alkanes) is 1. The monoisotopic (exact) mass is 356 g/mol. The van der Waals surface area contributed by atoms with E-state index in [2.05, 4.69) is 39.6 Å². The standard InChI is InChI=1S/C18H20N4O2S/c1-2-3-5-12-7-9-13(10-8-12)15(14-6-4-11-25-14)19-17(23)16-20-18(24)22-21-16/h4,6-11,15H,2-3,5H2,1H3,(H,19,23)(H2,20,21,22,24)/t15-/m1/s1. The summed E-state index contributed by atoms with van der Waals surface area (Å²) < 4.78 is 0. The lowest BCUT2D eigenvalue weighted by Crippen LogP contribution is -2.30. The maximum atomic E-state index is 12.4. The molecule has 0 unspecified atom stereocenters. The van der Waals surface area contributed by atoms with Crippen molar-refractivity contribution >= 4 is 17.2 Å². The Kier molecular flexibility index (Phi) is 5.45. The summed E-state index contributed by atoms with van der Waals surface area (Å²) >= 11 is 1.57. The van der Waals surface area contributed by atoms with Gasteiger partial charge in [0.1, 0.15) is 0 Å². The van der Waals surface area contributed by atoms with Crippen LogP contribution in [0, 0.1) is 0 Å². The van der Waals surface area contributed by atoms with Crippen LogP contribution < -0.4 is 11.0 Å². The zero-order chi connectivity index (χ0) is 17.6. The van der Waals surface area contributed by atoms with Gasteiger partial charge in [0.05, 0.1) is 6.04 Å². The van der Waals surface area contributed by atoms with Gasteiger partial charge in [-0.05, 0) is 35.4 Å². The van der Waals surface area contributed by atoms with Crippen molar-refractivity contribution in [2.75, 3.05) is 0 Å². The molecule has 3 aromatic rings. The van der Waals surface area contributed by atoms with Crippen LogP contribution >= 0.6 is 11.3 Å². The molecular weight excluding hydrogens is 336 g/mol. The van der Waals surface area contributed by atoms with Crippen molar-refractivity contribution in [3.8, 4) is 0 Å². The molecule has 25 heavy (non-hydrogen) atoms. The van der Waals surface area contributed by atoms with Crippen molar-refractivity contribution in [1.29, 1.82) is 0 Å². The van der Waals surface area contributed by atoms with Gasteiger partial charge in [-0.2, -0.15) is 0 Å². The maximum Gasteiger partial charge on any atom is 0.341 e. The number of aryl methyl sites for hydroxylation is 1. The number of hydrogen-bond acceptors (Lipinski definition) is 4. The predicted molar refractivity (Wildman–Crippen MR) is 97.9 cm³/mol. The number of nitrogens with one attached hydrogen (secondary N) is 3. The molecule has 1 aromatic carbocycles. The first-order valence-electron chi connectivity index (χ1n) is 8.25. The Bertz CT molecular complexity index is 865. The van der Waals surface area contributed by atoms with E-state index in [0.717, 1.165) is 29.7 Å². The van der Waals surface area contributed by atoms with Gasteiger partial charge >= 0.3 is 5.69 Å². The fourth-order valence-electron chi connectivity index (χ4n) is 2.61. The van der Waals surface area contributed by atoms with Gasteiger partial charge in [0.25, 0.3) is 5.91 Å². The van der Waals surface area contributed by atoms with Gasteiger partial charge in [0.2, 0.25) is 5.82 Å². The van der Waals surface area contributed by atoms with Crippen molar-refractivity contribution in [2.24, 2.45) is 0 Å². The minimum Gasteiger partial charge on any atom is -0.338 e. The number of aromatic amines is 2. The molecule has 0 bridgehead atoms. The number of rotatable bonds is 7. The summed E-state index contributed by atoms with van der Waals surface area (Å²) in [6, 6.07) is 11.9. The number of aromatic nitrogens is 3. The van der Waals surface area contributed by atoms with E-state index in [1.165, 1.54) is 5.56 Å². The Morgan fingerprint density at radius 1 is 1.28 bits per heavy atom. The summed E-state index contributed by atoms with van der Waals surface area (Å²) in [5.74, 6) is -0.446. The molecule has 0 radical (unpaired) electrons. The number of carbonyl (C=O) groups excluding carboxylic acids is 1. The average Bonchev–Trinajstić information content (AvgIpc) is 3.30. The van der Waals surface area contributed by atoms with Crippen LogP contribution in [0.3, 0.4) is 0 Å². The van der Waals surface area contributed by atoms with Crippen LogP contribution in [0.25, 0.3) is 0 Å². The molecular formula is C18H20N4O2S. The number of benzene rings is 1. The number of H-pyrrole nitrogens is 2. The van der Waals surface area contributed by atoms with E-state index in [-0.39, 0.29) is 11.9 Å². The lowest BCUT2D eigenvalue weighted by atomic mass is 10.0. The molecule has 0 saturated heterocycles. The number of carbonyl (C=O) groups is 1. The SMILES string of the molecule is CCCCc1ccc([C@@H](NC(=O)c2n[nH]c(=O)[nH]2)c2cccs2)cc1. The third-order valence-electron chi connectivity index (χ3n) is 3.95. The molecule has 2 aromatic heterocycles. The first kappa shape index (κ1) is 17.2. The third kappa shape index (κ3) is 4.24. The maximum absolute atomic E-state index is 12.4. The summed E-state index contributed by atoms with van der Waals surface area (Å²) in [4.78, 5) is 26.9. The van der Waals surface area contributed by atoms with E-state index in [1.54, 1.807) is 11.3 Å². The Labute approximate surface area is 149 Å². The molecule has 0 aliphatic rings. The largest absolute Gasteiger partial charge is 0.341 e. The second-order valence-electron chi connectivity index (χ2n) is 5.79. The Morgan fingerprint density at radius 3 is 2.68 bits per heavy atom. The van der Waals surface area contributed by atoms with Crippen LogP contribution in [0.15, 0.2) is 46.6 Å². The first-order chi connectivity index (χ1) is 12.2. The fraction of sp³-hybridized carbons (Fsp3) is 0.278. The molecule has 6 nitrogen and oxygen atoms in total. The van der Waals surface area contributed by atoms with Crippen molar-refractivity contribution in [2.45, 2.75) is 32.2 Å². The Hall–Kier alpha value is -2.67. The van der Waals surface area contributed by atoms with E-state index < -0.39 is 11.6 Å². The topological polar surface area (TPSA) is 90.6 Å². The minimum absolute atomic E-state index is 0.0221. The quantitative estimate of drug-likeness (QED) is 0.608. The molecule has 0 fully saturated rings. The molecule has 1 amide bonds. The number of amides is 1. The first-order valence-corrected chi connectivity index (χ1v) is 9.13. The second kappa shape index (κ2) is 7.94. The fourth-order valence-corrected chi connectivity index (χ4v) is 3.41. The van der Waals surface area contributed by atoms with Crippen LogP contribution in [0.5, 0.6) is 0 Å². The lowest BCUT2D eigenvalue weighted by molar-refractivity contribution is 0.0933. The van der Waals surface area contributed by atoms with Gasteiger partial charge in [-0.3, -0.25) is 9.78 Å². The summed E-state index contributed by atoms with van der Waals surface area (Å²) in [6.45, 7) is 2.18.